The zero-order chi connectivity index (χ0) is 12.7. The Morgan fingerprint density at radius 3 is 2.65 bits per heavy atom. The molecule has 0 saturated heterocycles. The molecule has 2 atom stereocenters. The lowest BCUT2D eigenvalue weighted by Crippen LogP contribution is -2.33. The summed E-state index contributed by atoms with van der Waals surface area (Å²) >= 11 is 0. The summed E-state index contributed by atoms with van der Waals surface area (Å²) in [7, 11) is 0. The molecule has 2 unspecified atom stereocenters. The highest BCUT2D eigenvalue weighted by molar-refractivity contribution is 4.97. The van der Waals surface area contributed by atoms with E-state index >= 15 is 0 Å². The number of hydrogen-bond donors (Lipinski definition) is 1. The molecule has 0 aliphatic carbocycles. The highest BCUT2D eigenvalue weighted by Crippen LogP contribution is 2.19. The predicted molar refractivity (Wildman–Crippen MR) is 69.1 cm³/mol. The molecule has 1 aromatic rings. The molecular weight excluding hydrogens is 214 g/mol. The molecule has 0 aromatic carbocycles. The van der Waals surface area contributed by atoms with Crippen molar-refractivity contribution in [1.29, 1.82) is 0 Å². The zero-order valence-electron chi connectivity index (χ0n) is 11.5. The van der Waals surface area contributed by atoms with Gasteiger partial charge >= 0.3 is 0 Å². The summed E-state index contributed by atoms with van der Waals surface area (Å²) in [6.45, 7) is 9.59. The van der Waals surface area contributed by atoms with E-state index in [4.69, 9.17) is 4.52 Å². The number of likely N-dealkylation sites (N-methyl/N-ethyl adjacent to an activating group) is 1. The average Bonchev–Trinajstić information content (AvgIpc) is 2.81. The fraction of sp³-hybridized carbons (Fsp3) is 0.846. The molecule has 1 heterocycles. The number of nitrogens with zero attached hydrogens (tertiary/aromatic N) is 2. The Morgan fingerprint density at radius 1 is 1.29 bits per heavy atom. The van der Waals surface area contributed by atoms with E-state index in [-0.39, 0.29) is 5.92 Å². The fourth-order valence-electron chi connectivity index (χ4n) is 2.00. The minimum Gasteiger partial charge on any atom is -0.339 e. The van der Waals surface area contributed by atoms with E-state index in [2.05, 4.69) is 43.2 Å². The Hall–Kier alpha value is -0.900. The SMILES string of the molecule is CCCCc1noc(C(C)C(CC)NCC)n1. The Balaban J connectivity index is 2.61. The van der Waals surface area contributed by atoms with Gasteiger partial charge in [-0.2, -0.15) is 4.98 Å². The van der Waals surface area contributed by atoms with Crippen molar-refractivity contribution in [2.24, 2.45) is 0 Å². The first-order valence-electron chi connectivity index (χ1n) is 6.78. The van der Waals surface area contributed by atoms with Gasteiger partial charge in [0.25, 0.3) is 0 Å². The number of nitrogens with one attached hydrogen (secondary N) is 1. The third-order valence-electron chi connectivity index (χ3n) is 3.14. The van der Waals surface area contributed by atoms with Gasteiger partial charge in [-0.25, -0.2) is 0 Å². The van der Waals surface area contributed by atoms with Gasteiger partial charge in [-0.05, 0) is 19.4 Å². The van der Waals surface area contributed by atoms with Crippen LogP contribution in [0.4, 0.5) is 0 Å². The smallest absolute Gasteiger partial charge is 0.231 e. The van der Waals surface area contributed by atoms with Gasteiger partial charge < -0.3 is 9.84 Å². The molecule has 1 aromatic heterocycles. The molecule has 4 nitrogen and oxygen atoms in total. The van der Waals surface area contributed by atoms with E-state index in [0.717, 1.165) is 43.9 Å². The Bertz CT molecular complexity index is 311. The molecule has 0 radical (unpaired) electrons. The van der Waals surface area contributed by atoms with E-state index in [9.17, 15) is 0 Å². The Labute approximate surface area is 104 Å². The second-order valence-corrected chi connectivity index (χ2v) is 4.51. The standard InChI is InChI=1S/C13H25N3O/c1-5-8-9-12-15-13(17-16-12)10(4)11(6-2)14-7-3/h10-11,14H,5-9H2,1-4H3. The number of aryl methyl sites for hydroxylation is 1. The van der Waals surface area contributed by atoms with Gasteiger partial charge in [0.15, 0.2) is 5.82 Å². The summed E-state index contributed by atoms with van der Waals surface area (Å²) in [5.74, 6) is 1.90. The highest BCUT2D eigenvalue weighted by atomic mass is 16.5. The number of unbranched alkanes of at least 4 members (excludes halogenated alkanes) is 1. The van der Waals surface area contributed by atoms with Gasteiger partial charge in [0.05, 0.1) is 5.92 Å². The molecule has 0 saturated carbocycles. The van der Waals surface area contributed by atoms with Crippen LogP contribution in [0.15, 0.2) is 4.52 Å². The molecule has 0 aliphatic heterocycles. The van der Waals surface area contributed by atoms with Crippen LogP contribution in [0.1, 0.15) is 64.6 Å². The first-order chi connectivity index (χ1) is 8.22. The van der Waals surface area contributed by atoms with Crippen molar-refractivity contribution >= 4 is 0 Å². The largest absolute Gasteiger partial charge is 0.339 e. The maximum atomic E-state index is 5.35. The van der Waals surface area contributed by atoms with Gasteiger partial charge in [0.2, 0.25) is 5.89 Å². The first kappa shape index (κ1) is 14.2. The molecular formula is C13H25N3O. The predicted octanol–water partition coefficient (Wildman–Crippen LogP) is 2.90. The van der Waals surface area contributed by atoms with E-state index < -0.39 is 0 Å². The Kier molecular flexibility index (Phi) is 6.19. The lowest BCUT2D eigenvalue weighted by atomic mass is 9.99. The van der Waals surface area contributed by atoms with E-state index in [1.54, 1.807) is 0 Å². The van der Waals surface area contributed by atoms with Gasteiger partial charge in [-0.15, -0.1) is 0 Å². The molecule has 0 spiro atoms. The molecule has 4 heteroatoms. The van der Waals surface area contributed by atoms with Crippen LogP contribution in [0.2, 0.25) is 0 Å². The summed E-state index contributed by atoms with van der Waals surface area (Å²) in [4.78, 5) is 4.48. The van der Waals surface area contributed by atoms with Crippen LogP contribution in [0.5, 0.6) is 0 Å². The van der Waals surface area contributed by atoms with Crippen molar-refractivity contribution < 1.29 is 4.52 Å². The first-order valence-corrected chi connectivity index (χ1v) is 6.78. The fourth-order valence-corrected chi connectivity index (χ4v) is 2.00. The van der Waals surface area contributed by atoms with E-state index in [0.29, 0.717) is 6.04 Å². The molecule has 0 bridgehead atoms. The van der Waals surface area contributed by atoms with E-state index in [1.165, 1.54) is 0 Å². The van der Waals surface area contributed by atoms with Crippen LogP contribution in [-0.4, -0.2) is 22.7 Å². The topological polar surface area (TPSA) is 51.0 Å². The van der Waals surface area contributed by atoms with Gasteiger partial charge in [-0.1, -0.05) is 39.3 Å². The van der Waals surface area contributed by atoms with Gasteiger partial charge in [0, 0.05) is 12.5 Å². The Morgan fingerprint density at radius 2 is 2.06 bits per heavy atom. The normalized spacial score (nSPS) is 14.8. The van der Waals surface area contributed by atoms with Crippen molar-refractivity contribution in [3.8, 4) is 0 Å². The maximum absolute atomic E-state index is 5.35. The second-order valence-electron chi connectivity index (χ2n) is 4.51. The lowest BCUT2D eigenvalue weighted by molar-refractivity contribution is 0.319. The van der Waals surface area contributed by atoms with Crippen molar-refractivity contribution in [3.05, 3.63) is 11.7 Å². The van der Waals surface area contributed by atoms with E-state index in [1.807, 2.05) is 0 Å². The third-order valence-corrected chi connectivity index (χ3v) is 3.14. The molecule has 98 valence electrons. The minimum atomic E-state index is 0.280. The molecule has 17 heavy (non-hydrogen) atoms. The van der Waals surface area contributed by atoms with Crippen LogP contribution < -0.4 is 5.32 Å². The monoisotopic (exact) mass is 239 g/mol. The van der Waals surface area contributed by atoms with Crippen molar-refractivity contribution in [2.45, 2.75) is 65.3 Å². The molecule has 1 rings (SSSR count). The molecule has 0 amide bonds. The summed E-state index contributed by atoms with van der Waals surface area (Å²) < 4.78 is 5.35. The maximum Gasteiger partial charge on any atom is 0.231 e. The zero-order valence-corrected chi connectivity index (χ0v) is 11.5. The molecule has 0 fully saturated rings. The molecule has 0 aliphatic rings. The highest BCUT2D eigenvalue weighted by Gasteiger charge is 2.21. The summed E-state index contributed by atoms with van der Waals surface area (Å²) in [6, 6.07) is 0.416. The minimum absolute atomic E-state index is 0.280. The summed E-state index contributed by atoms with van der Waals surface area (Å²) in [6.07, 6.45) is 4.28. The van der Waals surface area contributed by atoms with Crippen molar-refractivity contribution in [1.82, 2.24) is 15.5 Å². The van der Waals surface area contributed by atoms with Crippen molar-refractivity contribution in [3.63, 3.8) is 0 Å². The number of hydrogen-bond acceptors (Lipinski definition) is 4. The van der Waals surface area contributed by atoms with Crippen LogP contribution in [-0.2, 0) is 6.42 Å². The molecule has 1 N–H and O–H groups in total. The van der Waals surface area contributed by atoms with Crippen LogP contribution >= 0.6 is 0 Å². The van der Waals surface area contributed by atoms with Gasteiger partial charge in [-0.3, -0.25) is 0 Å². The van der Waals surface area contributed by atoms with Gasteiger partial charge in [0.1, 0.15) is 0 Å². The van der Waals surface area contributed by atoms with Crippen LogP contribution in [0.25, 0.3) is 0 Å². The van der Waals surface area contributed by atoms with Crippen LogP contribution in [0.3, 0.4) is 0 Å². The average molecular weight is 239 g/mol. The summed E-state index contributed by atoms with van der Waals surface area (Å²) in [5, 5.41) is 7.49. The summed E-state index contributed by atoms with van der Waals surface area (Å²) in [5.41, 5.74) is 0. The van der Waals surface area contributed by atoms with Crippen molar-refractivity contribution in [2.75, 3.05) is 6.54 Å². The quantitative estimate of drug-likeness (QED) is 0.758. The lowest BCUT2D eigenvalue weighted by Gasteiger charge is -2.20. The third kappa shape index (κ3) is 4.11. The number of rotatable bonds is 8. The number of aromatic nitrogens is 2. The van der Waals surface area contributed by atoms with Crippen LogP contribution in [0, 0.1) is 0 Å². The second kappa shape index (κ2) is 7.43.